The second kappa shape index (κ2) is 7.46. The van der Waals surface area contributed by atoms with Crippen LogP contribution < -0.4 is 9.47 Å². The van der Waals surface area contributed by atoms with Gasteiger partial charge in [-0.25, -0.2) is 0 Å². The summed E-state index contributed by atoms with van der Waals surface area (Å²) in [6.45, 7) is 6.12. The second-order valence-corrected chi connectivity index (χ2v) is 5.74. The molecule has 0 saturated carbocycles. The highest BCUT2D eigenvalue weighted by Crippen LogP contribution is 2.28. The molecule has 1 fully saturated rings. The van der Waals surface area contributed by atoms with Gasteiger partial charge in [-0.05, 0) is 44.9 Å². The first-order valence-corrected chi connectivity index (χ1v) is 7.67. The van der Waals surface area contributed by atoms with Crippen molar-refractivity contribution in [2.45, 2.75) is 45.2 Å². The van der Waals surface area contributed by atoms with Crippen molar-refractivity contribution in [3.63, 3.8) is 0 Å². The SMILES string of the molecule is COc1cc(C=O)ccc1OCCN1[C@H](C)CCC[C@H]1C. The molecular weight excluding hydrogens is 266 g/mol. The molecule has 0 unspecified atom stereocenters. The fourth-order valence-electron chi connectivity index (χ4n) is 3.05. The topological polar surface area (TPSA) is 38.8 Å². The molecule has 0 aromatic heterocycles. The molecule has 21 heavy (non-hydrogen) atoms. The van der Waals surface area contributed by atoms with E-state index in [1.807, 2.05) is 0 Å². The lowest BCUT2D eigenvalue weighted by Crippen LogP contribution is -2.45. The monoisotopic (exact) mass is 291 g/mol. The van der Waals surface area contributed by atoms with Gasteiger partial charge in [-0.1, -0.05) is 6.42 Å². The largest absolute Gasteiger partial charge is 0.493 e. The number of methoxy groups -OCH3 is 1. The van der Waals surface area contributed by atoms with Crippen LogP contribution in [0.4, 0.5) is 0 Å². The molecule has 1 saturated heterocycles. The number of hydrogen-bond donors (Lipinski definition) is 0. The van der Waals surface area contributed by atoms with E-state index in [0.717, 1.165) is 12.8 Å². The van der Waals surface area contributed by atoms with Crippen LogP contribution in [-0.4, -0.2) is 43.5 Å². The summed E-state index contributed by atoms with van der Waals surface area (Å²) in [4.78, 5) is 13.3. The van der Waals surface area contributed by atoms with E-state index in [-0.39, 0.29) is 0 Å². The van der Waals surface area contributed by atoms with Crippen molar-refractivity contribution in [1.29, 1.82) is 0 Å². The van der Waals surface area contributed by atoms with Gasteiger partial charge in [0, 0.05) is 24.2 Å². The summed E-state index contributed by atoms with van der Waals surface area (Å²) in [6, 6.07) is 6.49. The zero-order chi connectivity index (χ0) is 15.2. The van der Waals surface area contributed by atoms with Crippen molar-refractivity contribution in [2.75, 3.05) is 20.3 Å². The van der Waals surface area contributed by atoms with E-state index in [0.29, 0.717) is 35.8 Å². The Morgan fingerprint density at radius 1 is 1.24 bits per heavy atom. The van der Waals surface area contributed by atoms with Crippen molar-refractivity contribution in [1.82, 2.24) is 4.90 Å². The zero-order valence-corrected chi connectivity index (χ0v) is 13.2. The summed E-state index contributed by atoms with van der Waals surface area (Å²) < 4.78 is 11.1. The molecule has 4 heteroatoms. The fourth-order valence-corrected chi connectivity index (χ4v) is 3.05. The van der Waals surface area contributed by atoms with Crippen LogP contribution in [0.2, 0.25) is 0 Å². The van der Waals surface area contributed by atoms with E-state index in [1.54, 1.807) is 25.3 Å². The fraction of sp³-hybridized carbons (Fsp3) is 0.588. The summed E-state index contributed by atoms with van der Waals surface area (Å²) in [5, 5.41) is 0. The second-order valence-electron chi connectivity index (χ2n) is 5.74. The number of carbonyl (C=O) groups excluding carboxylic acids is 1. The first-order valence-electron chi connectivity index (χ1n) is 7.67. The van der Waals surface area contributed by atoms with E-state index >= 15 is 0 Å². The van der Waals surface area contributed by atoms with Gasteiger partial charge in [0.05, 0.1) is 7.11 Å². The Morgan fingerprint density at radius 2 is 1.95 bits per heavy atom. The molecule has 1 aliphatic rings. The van der Waals surface area contributed by atoms with Crippen LogP contribution >= 0.6 is 0 Å². The maximum Gasteiger partial charge on any atom is 0.161 e. The van der Waals surface area contributed by atoms with Gasteiger partial charge in [-0.2, -0.15) is 0 Å². The Kier molecular flexibility index (Phi) is 5.62. The maximum atomic E-state index is 10.8. The molecule has 0 N–H and O–H groups in total. The van der Waals surface area contributed by atoms with Crippen LogP contribution in [0, 0.1) is 0 Å². The van der Waals surface area contributed by atoms with Crippen LogP contribution in [0.5, 0.6) is 11.5 Å². The van der Waals surface area contributed by atoms with Crippen LogP contribution in [0.3, 0.4) is 0 Å². The van der Waals surface area contributed by atoms with Gasteiger partial charge in [0.25, 0.3) is 0 Å². The first-order chi connectivity index (χ1) is 10.2. The first kappa shape index (κ1) is 15.8. The molecule has 1 aromatic rings. The average Bonchev–Trinajstić information content (AvgIpc) is 2.50. The number of rotatable bonds is 6. The van der Waals surface area contributed by atoms with Crippen LogP contribution in [0.1, 0.15) is 43.5 Å². The normalized spacial score (nSPS) is 22.8. The molecule has 4 nitrogen and oxygen atoms in total. The van der Waals surface area contributed by atoms with Gasteiger partial charge < -0.3 is 9.47 Å². The lowest BCUT2D eigenvalue weighted by Gasteiger charge is -2.38. The number of aldehydes is 1. The molecule has 0 spiro atoms. The van der Waals surface area contributed by atoms with Gasteiger partial charge in [0.15, 0.2) is 11.5 Å². The third-order valence-electron chi connectivity index (χ3n) is 4.31. The van der Waals surface area contributed by atoms with Gasteiger partial charge in [0.2, 0.25) is 0 Å². The Balaban J connectivity index is 1.92. The summed E-state index contributed by atoms with van der Waals surface area (Å²) >= 11 is 0. The van der Waals surface area contributed by atoms with Crippen LogP contribution in [0.15, 0.2) is 18.2 Å². The molecule has 2 rings (SSSR count). The van der Waals surface area contributed by atoms with Crippen molar-refractivity contribution in [3.05, 3.63) is 23.8 Å². The lowest BCUT2D eigenvalue weighted by atomic mass is 9.98. The number of ether oxygens (including phenoxy) is 2. The van der Waals surface area contributed by atoms with E-state index < -0.39 is 0 Å². The summed E-state index contributed by atoms with van der Waals surface area (Å²) in [5.41, 5.74) is 0.595. The predicted molar refractivity (Wildman–Crippen MR) is 83.4 cm³/mol. The molecule has 116 valence electrons. The van der Waals surface area contributed by atoms with E-state index in [1.165, 1.54) is 19.3 Å². The number of likely N-dealkylation sites (tertiary alicyclic amines) is 1. The summed E-state index contributed by atoms with van der Waals surface area (Å²) in [5.74, 6) is 1.31. The molecule has 1 heterocycles. The third-order valence-corrected chi connectivity index (χ3v) is 4.31. The molecule has 1 aliphatic heterocycles. The molecule has 0 amide bonds. The number of benzene rings is 1. The highest BCUT2D eigenvalue weighted by molar-refractivity contribution is 5.76. The third kappa shape index (κ3) is 3.97. The Bertz CT molecular complexity index is 465. The Labute approximate surface area is 127 Å². The Hall–Kier alpha value is -1.55. The number of piperidine rings is 1. The van der Waals surface area contributed by atoms with Crippen molar-refractivity contribution in [2.24, 2.45) is 0 Å². The van der Waals surface area contributed by atoms with Crippen LogP contribution in [0.25, 0.3) is 0 Å². The lowest BCUT2D eigenvalue weighted by molar-refractivity contribution is 0.0845. The van der Waals surface area contributed by atoms with Gasteiger partial charge in [0.1, 0.15) is 12.9 Å². The average molecular weight is 291 g/mol. The highest BCUT2D eigenvalue weighted by atomic mass is 16.5. The van der Waals surface area contributed by atoms with Crippen LogP contribution in [-0.2, 0) is 0 Å². The molecule has 0 radical (unpaired) electrons. The van der Waals surface area contributed by atoms with Crippen molar-refractivity contribution < 1.29 is 14.3 Å². The molecule has 2 atom stereocenters. The highest BCUT2D eigenvalue weighted by Gasteiger charge is 2.24. The maximum absolute atomic E-state index is 10.8. The Morgan fingerprint density at radius 3 is 2.57 bits per heavy atom. The van der Waals surface area contributed by atoms with Gasteiger partial charge in [-0.15, -0.1) is 0 Å². The number of nitrogens with zero attached hydrogens (tertiary/aromatic N) is 1. The molecule has 0 bridgehead atoms. The molecular formula is C17H25NO3. The minimum Gasteiger partial charge on any atom is -0.493 e. The zero-order valence-electron chi connectivity index (χ0n) is 13.2. The molecule has 0 aliphatic carbocycles. The van der Waals surface area contributed by atoms with E-state index in [9.17, 15) is 4.79 Å². The predicted octanol–water partition coefficient (Wildman–Crippen LogP) is 3.15. The number of hydrogen-bond acceptors (Lipinski definition) is 4. The van der Waals surface area contributed by atoms with Crippen molar-refractivity contribution >= 4 is 6.29 Å². The quantitative estimate of drug-likeness (QED) is 0.755. The van der Waals surface area contributed by atoms with E-state index in [2.05, 4.69) is 18.7 Å². The standard InChI is InChI=1S/C17H25NO3/c1-13-5-4-6-14(2)18(13)9-10-21-16-8-7-15(12-19)11-17(16)20-3/h7-8,11-14H,4-6,9-10H2,1-3H3/t13-,14-/m1/s1. The minimum atomic E-state index is 0.595. The smallest absolute Gasteiger partial charge is 0.161 e. The minimum absolute atomic E-state index is 0.595. The van der Waals surface area contributed by atoms with Gasteiger partial charge >= 0.3 is 0 Å². The van der Waals surface area contributed by atoms with E-state index in [4.69, 9.17) is 9.47 Å². The number of carbonyl (C=O) groups is 1. The van der Waals surface area contributed by atoms with Crippen molar-refractivity contribution in [3.8, 4) is 11.5 Å². The summed E-state index contributed by atoms with van der Waals surface area (Å²) in [7, 11) is 1.59. The molecule has 1 aromatic carbocycles. The summed E-state index contributed by atoms with van der Waals surface area (Å²) in [6.07, 6.45) is 4.66. The van der Waals surface area contributed by atoms with Gasteiger partial charge in [-0.3, -0.25) is 9.69 Å².